The highest BCUT2D eigenvalue weighted by molar-refractivity contribution is 5.99. The predicted octanol–water partition coefficient (Wildman–Crippen LogP) is 4.76. The van der Waals surface area contributed by atoms with Gasteiger partial charge in [-0.3, -0.25) is 4.79 Å². The van der Waals surface area contributed by atoms with E-state index in [0.29, 0.717) is 24.1 Å². The first-order valence-electron chi connectivity index (χ1n) is 8.52. The van der Waals surface area contributed by atoms with Crippen molar-refractivity contribution in [2.75, 3.05) is 7.05 Å². The fraction of sp³-hybridized carbons (Fsp3) is 0.500. The van der Waals surface area contributed by atoms with Crippen LogP contribution in [0.4, 0.5) is 0 Å². The van der Waals surface area contributed by atoms with E-state index in [2.05, 4.69) is 43.1 Å². The number of rotatable bonds is 5. The minimum atomic E-state index is 0.156. The van der Waals surface area contributed by atoms with Crippen LogP contribution in [0.25, 0.3) is 0 Å². The highest BCUT2D eigenvalue weighted by atomic mass is 16.1. The van der Waals surface area contributed by atoms with E-state index in [0.717, 1.165) is 24.3 Å². The van der Waals surface area contributed by atoms with Gasteiger partial charge < -0.3 is 4.90 Å². The summed E-state index contributed by atoms with van der Waals surface area (Å²) < 4.78 is 0. The number of Topliss-reactive ketones (excluding diaryl/α,β-unsaturated/α-hetero) is 1. The van der Waals surface area contributed by atoms with Gasteiger partial charge in [-0.15, -0.1) is 0 Å². The van der Waals surface area contributed by atoms with Crippen LogP contribution in [0.1, 0.15) is 58.6 Å². The fourth-order valence-electron chi connectivity index (χ4n) is 3.24. The molecule has 1 aliphatic heterocycles. The zero-order valence-electron chi connectivity index (χ0n) is 15.0. The molecule has 1 heterocycles. The second kappa shape index (κ2) is 7.58. The molecule has 0 bridgehead atoms. The van der Waals surface area contributed by atoms with Crippen molar-refractivity contribution in [2.24, 2.45) is 10.9 Å². The van der Waals surface area contributed by atoms with Crippen LogP contribution in [0.15, 0.2) is 46.6 Å². The van der Waals surface area contributed by atoms with E-state index in [1.807, 2.05) is 26.8 Å². The van der Waals surface area contributed by atoms with Gasteiger partial charge in [0.25, 0.3) is 0 Å². The largest absolute Gasteiger partial charge is 0.356 e. The lowest BCUT2D eigenvalue weighted by Crippen LogP contribution is -2.25. The Hall–Kier alpha value is -1.90. The van der Waals surface area contributed by atoms with Gasteiger partial charge in [-0.2, -0.15) is 0 Å². The monoisotopic (exact) mass is 312 g/mol. The maximum absolute atomic E-state index is 12.4. The number of likely N-dealkylation sites (tertiary alicyclic amines) is 1. The zero-order chi connectivity index (χ0) is 17.0. The average Bonchev–Trinajstić information content (AvgIpc) is 2.80. The molecule has 1 aromatic carbocycles. The molecule has 0 spiro atoms. The molecule has 2 atom stereocenters. The minimum Gasteiger partial charge on any atom is -0.356 e. The summed E-state index contributed by atoms with van der Waals surface area (Å²) >= 11 is 0. The Morgan fingerprint density at radius 3 is 2.48 bits per heavy atom. The summed E-state index contributed by atoms with van der Waals surface area (Å²) in [5, 5.41) is 0. The van der Waals surface area contributed by atoms with Crippen LogP contribution in [0, 0.1) is 5.92 Å². The van der Waals surface area contributed by atoms with E-state index < -0.39 is 0 Å². The second-order valence-electron chi connectivity index (χ2n) is 6.67. The molecule has 23 heavy (non-hydrogen) atoms. The van der Waals surface area contributed by atoms with Crippen LogP contribution in [-0.2, 0) is 4.79 Å². The Morgan fingerprint density at radius 2 is 1.91 bits per heavy atom. The Labute approximate surface area is 140 Å². The van der Waals surface area contributed by atoms with Crippen LogP contribution >= 0.6 is 0 Å². The molecule has 0 aliphatic carbocycles. The zero-order valence-corrected chi connectivity index (χ0v) is 15.0. The number of benzene rings is 1. The summed E-state index contributed by atoms with van der Waals surface area (Å²) in [6.45, 7) is 8.18. The van der Waals surface area contributed by atoms with Gasteiger partial charge in [0.1, 0.15) is 11.5 Å². The molecule has 1 saturated heterocycles. The van der Waals surface area contributed by atoms with Crippen molar-refractivity contribution in [3.8, 4) is 0 Å². The number of amidine groups is 1. The van der Waals surface area contributed by atoms with Gasteiger partial charge in [-0.05, 0) is 37.8 Å². The number of allylic oxidation sites excluding steroid dienone is 2. The summed E-state index contributed by atoms with van der Waals surface area (Å²) in [7, 11) is 2.09. The molecule has 1 aliphatic rings. The Morgan fingerprint density at radius 1 is 1.26 bits per heavy atom. The van der Waals surface area contributed by atoms with E-state index in [4.69, 9.17) is 4.99 Å². The number of hydrogen-bond donors (Lipinski definition) is 0. The van der Waals surface area contributed by atoms with Gasteiger partial charge in [0, 0.05) is 19.4 Å². The van der Waals surface area contributed by atoms with Crippen LogP contribution < -0.4 is 0 Å². The maximum atomic E-state index is 12.4. The van der Waals surface area contributed by atoms with Crippen molar-refractivity contribution in [3.63, 3.8) is 0 Å². The number of nitrogens with zero attached hydrogens (tertiary/aromatic N) is 2. The van der Waals surface area contributed by atoms with Crippen molar-refractivity contribution >= 4 is 11.6 Å². The summed E-state index contributed by atoms with van der Waals surface area (Å²) in [5.41, 5.74) is 2.96. The molecule has 0 N–H and O–H groups in total. The summed E-state index contributed by atoms with van der Waals surface area (Å²) in [6.07, 6.45) is 2.47. The number of carbonyl (C=O) groups is 1. The summed E-state index contributed by atoms with van der Waals surface area (Å²) in [4.78, 5) is 19.4. The third-order valence-corrected chi connectivity index (χ3v) is 4.47. The smallest absolute Gasteiger partial charge is 0.181 e. The molecule has 1 fully saturated rings. The normalized spacial score (nSPS) is 22.5. The molecule has 1 aromatic rings. The second-order valence-corrected chi connectivity index (χ2v) is 6.67. The van der Waals surface area contributed by atoms with Crippen molar-refractivity contribution < 1.29 is 4.79 Å². The molecule has 3 nitrogen and oxygen atoms in total. The van der Waals surface area contributed by atoms with Crippen LogP contribution in [0.2, 0.25) is 0 Å². The quantitative estimate of drug-likeness (QED) is 0.734. The fourth-order valence-corrected chi connectivity index (χ4v) is 3.24. The van der Waals surface area contributed by atoms with Crippen LogP contribution in [0.5, 0.6) is 0 Å². The Kier molecular flexibility index (Phi) is 5.75. The molecule has 0 amide bonds. The number of ketones is 1. The number of aliphatic imine (C=N–C) groups is 1. The number of carbonyl (C=O) groups excluding carboxylic acids is 1. The van der Waals surface area contributed by atoms with Gasteiger partial charge >= 0.3 is 0 Å². The Balaban J connectivity index is 2.32. The molecule has 124 valence electrons. The lowest BCUT2D eigenvalue weighted by atomic mass is 10.0. The minimum absolute atomic E-state index is 0.156. The van der Waals surface area contributed by atoms with Crippen molar-refractivity contribution in [1.82, 2.24) is 4.90 Å². The van der Waals surface area contributed by atoms with Gasteiger partial charge in [0.05, 0.1) is 6.04 Å². The van der Waals surface area contributed by atoms with Crippen molar-refractivity contribution in [1.29, 1.82) is 0 Å². The molecule has 0 saturated carbocycles. The Bertz CT molecular complexity index is 612. The molecule has 2 unspecified atom stereocenters. The van der Waals surface area contributed by atoms with E-state index >= 15 is 0 Å². The molecule has 3 heteroatoms. The standard InChI is InChI=1S/C20H28N2O/c1-6-10-18(23)19(14(2)3)21-20-15(4)13-17(22(20)5)16-11-8-7-9-12-16/h7-9,11-12,15,17H,6,10,13H2,1-5H3. The van der Waals surface area contributed by atoms with Crippen molar-refractivity contribution in [2.45, 2.75) is 53.0 Å². The average molecular weight is 312 g/mol. The van der Waals surface area contributed by atoms with Gasteiger partial charge in [0.2, 0.25) is 0 Å². The van der Waals surface area contributed by atoms with Crippen LogP contribution in [-0.4, -0.2) is 23.6 Å². The highest BCUT2D eigenvalue weighted by Gasteiger charge is 2.33. The first-order chi connectivity index (χ1) is 11.0. The third-order valence-electron chi connectivity index (χ3n) is 4.47. The van der Waals surface area contributed by atoms with E-state index in [1.54, 1.807) is 0 Å². The summed E-state index contributed by atoms with van der Waals surface area (Å²) in [6, 6.07) is 10.9. The van der Waals surface area contributed by atoms with Gasteiger partial charge in [-0.25, -0.2) is 4.99 Å². The first kappa shape index (κ1) is 17.5. The van der Waals surface area contributed by atoms with Crippen molar-refractivity contribution in [3.05, 3.63) is 47.2 Å². The lowest BCUT2D eigenvalue weighted by Gasteiger charge is -2.23. The maximum Gasteiger partial charge on any atom is 0.181 e. The third kappa shape index (κ3) is 3.90. The van der Waals surface area contributed by atoms with Gasteiger partial charge in [0.15, 0.2) is 5.78 Å². The highest BCUT2D eigenvalue weighted by Crippen LogP contribution is 2.36. The van der Waals surface area contributed by atoms with Gasteiger partial charge in [-0.1, -0.05) is 44.2 Å². The van der Waals surface area contributed by atoms with E-state index in [9.17, 15) is 4.79 Å². The first-order valence-corrected chi connectivity index (χ1v) is 8.52. The molecule has 2 rings (SSSR count). The molecule has 0 radical (unpaired) electrons. The SMILES string of the molecule is CCCC(=O)C(N=C1C(C)CC(c2ccccc2)N1C)=C(C)C. The summed E-state index contributed by atoms with van der Waals surface area (Å²) in [5.74, 6) is 1.54. The molecular weight excluding hydrogens is 284 g/mol. The molecule has 0 aromatic heterocycles. The number of hydrogen-bond acceptors (Lipinski definition) is 2. The molecular formula is C20H28N2O. The lowest BCUT2D eigenvalue weighted by molar-refractivity contribution is -0.115. The predicted molar refractivity (Wildman–Crippen MR) is 96.5 cm³/mol. The van der Waals surface area contributed by atoms with E-state index in [1.165, 1.54) is 5.56 Å². The topological polar surface area (TPSA) is 32.7 Å². The van der Waals surface area contributed by atoms with Crippen LogP contribution in [0.3, 0.4) is 0 Å². The van der Waals surface area contributed by atoms with E-state index in [-0.39, 0.29) is 5.78 Å².